The molecule has 1 aliphatic carbocycles. The number of anilines is 1. The summed E-state index contributed by atoms with van der Waals surface area (Å²) in [6.07, 6.45) is 5.23. The normalized spacial score (nSPS) is 14.8. The lowest BCUT2D eigenvalue weighted by Crippen LogP contribution is -2.09. The lowest BCUT2D eigenvalue weighted by atomic mass is 10.2. The highest BCUT2D eigenvalue weighted by Crippen LogP contribution is 2.32. The quantitative estimate of drug-likeness (QED) is 0.757. The summed E-state index contributed by atoms with van der Waals surface area (Å²) in [5.74, 6) is 0.702. The Kier molecular flexibility index (Phi) is 3.34. The van der Waals surface area contributed by atoms with E-state index >= 15 is 0 Å². The van der Waals surface area contributed by atoms with Crippen LogP contribution in [0.3, 0.4) is 0 Å². The van der Waals surface area contributed by atoms with E-state index in [9.17, 15) is 4.79 Å². The molecule has 0 aromatic carbocycles. The maximum atomic E-state index is 10.3. The van der Waals surface area contributed by atoms with Crippen molar-refractivity contribution in [3.63, 3.8) is 0 Å². The van der Waals surface area contributed by atoms with E-state index in [0.717, 1.165) is 18.0 Å². The molecule has 5 heteroatoms. The van der Waals surface area contributed by atoms with Crippen LogP contribution in [0.15, 0.2) is 12.4 Å². The third-order valence-corrected chi connectivity index (χ3v) is 2.56. The van der Waals surface area contributed by atoms with Crippen LogP contribution in [0.2, 0.25) is 0 Å². The molecule has 1 heterocycles. The van der Waals surface area contributed by atoms with Gasteiger partial charge in [0.05, 0.1) is 6.42 Å². The van der Waals surface area contributed by atoms with Crippen LogP contribution in [0.25, 0.3) is 0 Å². The van der Waals surface area contributed by atoms with Gasteiger partial charge in [0.15, 0.2) is 0 Å². The zero-order chi connectivity index (χ0) is 11.4. The summed E-state index contributed by atoms with van der Waals surface area (Å²) < 4.78 is 0. The van der Waals surface area contributed by atoms with Gasteiger partial charge in [-0.3, -0.25) is 4.79 Å². The second-order valence-corrected chi connectivity index (χ2v) is 4.11. The van der Waals surface area contributed by atoms with Crippen LogP contribution >= 0.6 is 0 Å². The minimum Gasteiger partial charge on any atom is -0.481 e. The summed E-state index contributed by atoms with van der Waals surface area (Å²) in [6.45, 7) is 0.398. The molecular weight excluding hydrogens is 206 g/mol. The van der Waals surface area contributed by atoms with Gasteiger partial charge in [-0.15, -0.1) is 0 Å². The zero-order valence-corrected chi connectivity index (χ0v) is 9.02. The average molecular weight is 221 g/mol. The fourth-order valence-electron chi connectivity index (χ4n) is 1.52. The van der Waals surface area contributed by atoms with Gasteiger partial charge in [0.2, 0.25) is 0 Å². The van der Waals surface area contributed by atoms with Gasteiger partial charge in [0, 0.05) is 18.3 Å². The summed E-state index contributed by atoms with van der Waals surface area (Å²) in [5, 5.41) is 11.5. The van der Waals surface area contributed by atoms with Crippen molar-refractivity contribution < 1.29 is 9.90 Å². The van der Waals surface area contributed by atoms with Crippen molar-refractivity contribution >= 4 is 11.8 Å². The van der Waals surface area contributed by atoms with Gasteiger partial charge in [-0.2, -0.15) is 0 Å². The van der Waals surface area contributed by atoms with E-state index < -0.39 is 5.97 Å². The molecule has 0 radical (unpaired) electrons. The summed E-state index contributed by atoms with van der Waals surface area (Å²) in [5.41, 5.74) is 1.04. The Morgan fingerprint density at radius 1 is 1.50 bits per heavy atom. The van der Waals surface area contributed by atoms with Crippen molar-refractivity contribution in [2.24, 2.45) is 5.92 Å². The van der Waals surface area contributed by atoms with Crippen LogP contribution in [0.5, 0.6) is 0 Å². The van der Waals surface area contributed by atoms with Gasteiger partial charge in [0.1, 0.15) is 12.1 Å². The maximum Gasteiger partial charge on any atom is 0.305 e. The Morgan fingerprint density at radius 2 is 2.31 bits per heavy atom. The molecule has 1 aromatic heterocycles. The average Bonchev–Trinajstić information content (AvgIpc) is 3.02. The minimum atomic E-state index is -0.806. The predicted octanol–water partition coefficient (Wildman–Crippen LogP) is 1.32. The molecule has 1 fully saturated rings. The summed E-state index contributed by atoms with van der Waals surface area (Å²) in [6, 6.07) is 1.90. The van der Waals surface area contributed by atoms with E-state index in [-0.39, 0.29) is 6.42 Å². The number of aliphatic carboxylic acids is 1. The van der Waals surface area contributed by atoms with Crippen molar-refractivity contribution in [2.75, 3.05) is 11.9 Å². The number of carbonyl (C=O) groups is 1. The van der Waals surface area contributed by atoms with Gasteiger partial charge < -0.3 is 10.4 Å². The van der Waals surface area contributed by atoms with Crippen LogP contribution in [-0.2, 0) is 11.2 Å². The third kappa shape index (κ3) is 3.49. The maximum absolute atomic E-state index is 10.3. The highest BCUT2D eigenvalue weighted by atomic mass is 16.4. The van der Waals surface area contributed by atoms with E-state index in [4.69, 9.17) is 5.11 Å². The molecule has 0 saturated heterocycles. The van der Waals surface area contributed by atoms with E-state index in [1.807, 2.05) is 6.07 Å². The molecule has 5 nitrogen and oxygen atoms in total. The van der Waals surface area contributed by atoms with Crippen LogP contribution in [0, 0.1) is 5.92 Å². The molecule has 1 saturated carbocycles. The molecule has 1 aliphatic rings. The monoisotopic (exact) mass is 221 g/mol. The standard InChI is InChI=1S/C11H15N3O2/c15-11(16)3-4-12-10-6-9(13-7-14-10)5-8-1-2-8/h6-8H,1-5H2,(H,15,16)(H,12,13,14). The molecule has 1 aromatic rings. The number of hydrogen-bond donors (Lipinski definition) is 2. The Hall–Kier alpha value is -1.65. The third-order valence-electron chi connectivity index (χ3n) is 2.56. The molecule has 0 aliphatic heterocycles. The summed E-state index contributed by atoms with van der Waals surface area (Å²) >= 11 is 0. The van der Waals surface area contributed by atoms with Gasteiger partial charge >= 0.3 is 5.97 Å². The van der Waals surface area contributed by atoms with Crippen molar-refractivity contribution in [1.29, 1.82) is 0 Å². The van der Waals surface area contributed by atoms with Gasteiger partial charge in [-0.05, 0) is 25.2 Å². The number of carboxylic acid groups (broad SMARTS) is 1. The number of carboxylic acids is 1. The Balaban J connectivity index is 1.85. The van der Waals surface area contributed by atoms with Crippen molar-refractivity contribution in [1.82, 2.24) is 9.97 Å². The summed E-state index contributed by atoms with van der Waals surface area (Å²) in [7, 11) is 0. The second kappa shape index (κ2) is 4.92. The molecule has 0 spiro atoms. The highest BCUT2D eigenvalue weighted by molar-refractivity contribution is 5.67. The Labute approximate surface area is 93.9 Å². The zero-order valence-electron chi connectivity index (χ0n) is 9.02. The molecule has 0 unspecified atom stereocenters. The van der Waals surface area contributed by atoms with Gasteiger partial charge in [-0.1, -0.05) is 0 Å². The topological polar surface area (TPSA) is 75.1 Å². The molecule has 0 atom stereocenters. The first-order chi connectivity index (χ1) is 7.74. The molecule has 2 N–H and O–H groups in total. The van der Waals surface area contributed by atoms with Crippen LogP contribution < -0.4 is 5.32 Å². The first-order valence-corrected chi connectivity index (χ1v) is 5.50. The van der Waals surface area contributed by atoms with Crippen molar-refractivity contribution in [3.05, 3.63) is 18.1 Å². The van der Waals surface area contributed by atoms with E-state index in [2.05, 4.69) is 15.3 Å². The number of hydrogen-bond acceptors (Lipinski definition) is 4. The Morgan fingerprint density at radius 3 is 3.00 bits per heavy atom. The fraction of sp³-hybridized carbons (Fsp3) is 0.545. The first kappa shape index (κ1) is 10.9. The highest BCUT2D eigenvalue weighted by Gasteiger charge is 2.22. The number of nitrogens with zero attached hydrogens (tertiary/aromatic N) is 2. The van der Waals surface area contributed by atoms with E-state index in [0.29, 0.717) is 12.4 Å². The lowest BCUT2D eigenvalue weighted by molar-refractivity contribution is -0.136. The van der Waals surface area contributed by atoms with Gasteiger partial charge in [0.25, 0.3) is 0 Å². The minimum absolute atomic E-state index is 0.0992. The molecule has 0 amide bonds. The second-order valence-electron chi connectivity index (χ2n) is 4.11. The molecule has 0 bridgehead atoms. The number of nitrogens with one attached hydrogen (secondary N) is 1. The van der Waals surface area contributed by atoms with E-state index in [1.54, 1.807) is 0 Å². The molecular formula is C11H15N3O2. The lowest BCUT2D eigenvalue weighted by Gasteiger charge is -2.05. The predicted molar refractivity (Wildman–Crippen MR) is 59.2 cm³/mol. The largest absolute Gasteiger partial charge is 0.481 e. The van der Waals surface area contributed by atoms with Crippen LogP contribution in [0.4, 0.5) is 5.82 Å². The molecule has 86 valence electrons. The molecule has 2 rings (SSSR count). The fourth-order valence-corrected chi connectivity index (χ4v) is 1.52. The van der Waals surface area contributed by atoms with Crippen molar-refractivity contribution in [2.45, 2.75) is 25.7 Å². The van der Waals surface area contributed by atoms with Gasteiger partial charge in [-0.25, -0.2) is 9.97 Å². The van der Waals surface area contributed by atoms with E-state index in [1.165, 1.54) is 19.2 Å². The smallest absolute Gasteiger partial charge is 0.305 e. The van der Waals surface area contributed by atoms with Crippen molar-refractivity contribution in [3.8, 4) is 0 Å². The first-order valence-electron chi connectivity index (χ1n) is 5.50. The summed E-state index contributed by atoms with van der Waals surface area (Å²) in [4.78, 5) is 18.6. The molecule has 16 heavy (non-hydrogen) atoms. The Bertz CT molecular complexity index is 377. The SMILES string of the molecule is O=C(O)CCNc1cc(CC2CC2)ncn1. The number of aromatic nitrogens is 2. The van der Waals surface area contributed by atoms with Crippen LogP contribution in [-0.4, -0.2) is 27.6 Å². The number of rotatable bonds is 6. The van der Waals surface area contributed by atoms with Crippen LogP contribution in [0.1, 0.15) is 25.0 Å².